The first-order valence-electron chi connectivity index (χ1n) is 3.33. The lowest BCUT2D eigenvalue weighted by atomic mass is 10.0. The van der Waals surface area contributed by atoms with Gasteiger partial charge in [-0.3, -0.25) is 4.79 Å². The highest BCUT2D eigenvalue weighted by Gasteiger charge is 2.09. The Hall–Kier alpha value is -0.370. The minimum atomic E-state index is -0.554. The van der Waals surface area contributed by atoms with E-state index in [0.29, 0.717) is 0 Å². The molecule has 0 saturated carbocycles. The van der Waals surface area contributed by atoms with Crippen molar-refractivity contribution in [2.24, 2.45) is 5.92 Å². The van der Waals surface area contributed by atoms with Gasteiger partial charge in [-0.2, -0.15) is 0 Å². The molecule has 0 aromatic rings. The lowest BCUT2D eigenvalue weighted by Gasteiger charge is -2.03. The van der Waals surface area contributed by atoms with Gasteiger partial charge in [0.05, 0.1) is 0 Å². The summed E-state index contributed by atoms with van der Waals surface area (Å²) >= 11 is 0. The van der Waals surface area contributed by atoms with Gasteiger partial charge >= 0.3 is 0 Å². The largest absolute Gasteiger partial charge is 0.297 e. The first-order chi connectivity index (χ1) is 4.22. The fourth-order valence-corrected chi connectivity index (χ4v) is 0.736. The van der Waals surface area contributed by atoms with Crippen LogP contribution in [0, 0.1) is 5.92 Å². The van der Waals surface area contributed by atoms with Crippen LogP contribution in [0.15, 0.2) is 0 Å². The topological polar surface area (TPSA) is 37.0 Å². The highest BCUT2D eigenvalue weighted by atomic mass is 16.3. The van der Waals surface area contributed by atoms with E-state index in [1.165, 1.54) is 0 Å². The van der Waals surface area contributed by atoms with Gasteiger partial charge in [-0.05, 0) is 6.42 Å². The number of ketones is 1. The molecule has 0 aromatic heterocycles. The third kappa shape index (κ3) is 3.25. The van der Waals surface area contributed by atoms with Crippen LogP contribution < -0.4 is 0 Å². The zero-order valence-corrected chi connectivity index (χ0v) is 6.02. The number of hydrogen-bond acceptors (Lipinski definition) is 1. The number of carbonyl (C=O) groups excluding carboxylic acids is 1. The predicted octanol–water partition coefficient (Wildman–Crippen LogP) is 1.42. The molecule has 1 unspecified atom stereocenters. The lowest BCUT2D eigenvalue weighted by molar-refractivity contribution is -0.127. The maximum atomic E-state index is 10.6. The number of carbonyl (C=O) groups is 1. The Balaban J connectivity index is 3.45. The second kappa shape index (κ2) is 4.50. The van der Waals surface area contributed by atoms with Crippen molar-refractivity contribution in [3.63, 3.8) is 0 Å². The van der Waals surface area contributed by atoms with E-state index < -0.39 is 6.61 Å². The molecule has 0 amide bonds. The van der Waals surface area contributed by atoms with E-state index in [-0.39, 0.29) is 11.7 Å². The van der Waals surface area contributed by atoms with Crippen LogP contribution in [-0.2, 0) is 9.90 Å². The van der Waals surface area contributed by atoms with Crippen molar-refractivity contribution in [1.82, 2.24) is 0 Å². The van der Waals surface area contributed by atoms with E-state index in [2.05, 4.69) is 0 Å². The van der Waals surface area contributed by atoms with Gasteiger partial charge in [0, 0.05) is 5.92 Å². The average molecular weight is 129 g/mol. The Kier molecular flexibility index (Phi) is 4.32. The Morgan fingerprint density at radius 1 is 1.56 bits per heavy atom. The van der Waals surface area contributed by atoms with Gasteiger partial charge in [-0.1, -0.05) is 20.3 Å². The molecule has 2 nitrogen and oxygen atoms in total. The Morgan fingerprint density at radius 2 is 2.11 bits per heavy atom. The van der Waals surface area contributed by atoms with E-state index in [1.807, 2.05) is 13.8 Å². The van der Waals surface area contributed by atoms with Crippen molar-refractivity contribution in [3.05, 3.63) is 0 Å². The number of rotatable bonds is 4. The molecule has 1 radical (unpaired) electrons. The summed E-state index contributed by atoms with van der Waals surface area (Å²) in [5, 5.41) is 10.00. The molecule has 0 heterocycles. The highest BCUT2D eigenvalue weighted by Crippen LogP contribution is 2.04. The van der Waals surface area contributed by atoms with Crippen LogP contribution in [0.2, 0.25) is 0 Å². The lowest BCUT2D eigenvalue weighted by Crippen LogP contribution is -2.13. The summed E-state index contributed by atoms with van der Waals surface area (Å²) in [6, 6.07) is 0. The van der Waals surface area contributed by atoms with Crippen molar-refractivity contribution in [1.29, 1.82) is 0 Å². The van der Waals surface area contributed by atoms with Gasteiger partial charge in [-0.15, -0.1) is 0 Å². The summed E-state index contributed by atoms with van der Waals surface area (Å²) in [6.45, 7) is 3.26. The second-order valence-electron chi connectivity index (χ2n) is 2.30. The van der Waals surface area contributed by atoms with Crippen LogP contribution in [0.25, 0.3) is 0 Å². The maximum absolute atomic E-state index is 10.6. The molecular formula is C7H13O2. The standard InChI is InChI=1S/C7H13O2/c1-3-4-6(2)7(9)5-8/h6H,3-5H2,1-2H3. The summed E-state index contributed by atoms with van der Waals surface area (Å²) < 4.78 is 0. The molecule has 0 aliphatic carbocycles. The molecule has 1 atom stereocenters. The quantitative estimate of drug-likeness (QED) is 0.565. The molecule has 0 N–H and O–H groups in total. The third-order valence-corrected chi connectivity index (χ3v) is 1.41. The van der Waals surface area contributed by atoms with Gasteiger partial charge in [0.2, 0.25) is 0 Å². The van der Waals surface area contributed by atoms with E-state index >= 15 is 0 Å². The Morgan fingerprint density at radius 3 is 2.44 bits per heavy atom. The predicted molar refractivity (Wildman–Crippen MR) is 34.6 cm³/mol. The van der Waals surface area contributed by atoms with Crippen LogP contribution in [0.4, 0.5) is 0 Å². The smallest absolute Gasteiger partial charge is 0.164 e. The van der Waals surface area contributed by atoms with E-state index in [9.17, 15) is 9.90 Å². The molecule has 0 bridgehead atoms. The second-order valence-corrected chi connectivity index (χ2v) is 2.30. The molecule has 0 spiro atoms. The third-order valence-electron chi connectivity index (χ3n) is 1.41. The van der Waals surface area contributed by atoms with Crippen LogP contribution in [0.5, 0.6) is 0 Å². The molecule has 53 valence electrons. The van der Waals surface area contributed by atoms with Crippen molar-refractivity contribution in [2.45, 2.75) is 26.7 Å². The summed E-state index contributed by atoms with van der Waals surface area (Å²) in [7, 11) is 0. The zero-order chi connectivity index (χ0) is 7.28. The molecule has 0 aliphatic rings. The zero-order valence-electron chi connectivity index (χ0n) is 6.02. The molecular weight excluding hydrogens is 116 g/mol. The Labute approximate surface area is 55.9 Å². The monoisotopic (exact) mass is 129 g/mol. The van der Waals surface area contributed by atoms with E-state index in [1.54, 1.807) is 0 Å². The van der Waals surface area contributed by atoms with Crippen LogP contribution >= 0.6 is 0 Å². The van der Waals surface area contributed by atoms with E-state index in [0.717, 1.165) is 12.8 Å². The molecule has 0 aromatic carbocycles. The van der Waals surface area contributed by atoms with Crippen molar-refractivity contribution >= 4 is 5.78 Å². The summed E-state index contributed by atoms with van der Waals surface area (Å²) in [6.07, 6.45) is 1.83. The van der Waals surface area contributed by atoms with Crippen LogP contribution in [0.1, 0.15) is 26.7 Å². The summed E-state index contributed by atoms with van der Waals surface area (Å²) in [5.41, 5.74) is 0. The fourth-order valence-electron chi connectivity index (χ4n) is 0.736. The molecule has 0 aliphatic heterocycles. The van der Waals surface area contributed by atoms with Gasteiger partial charge in [0.25, 0.3) is 0 Å². The van der Waals surface area contributed by atoms with Gasteiger partial charge in [0.15, 0.2) is 5.78 Å². The van der Waals surface area contributed by atoms with E-state index in [4.69, 9.17) is 0 Å². The minimum absolute atomic E-state index is 0.0208. The SMILES string of the molecule is CCCC(C)C(=O)C[O]. The molecule has 0 fully saturated rings. The molecule has 0 saturated heterocycles. The minimum Gasteiger partial charge on any atom is -0.297 e. The first-order valence-corrected chi connectivity index (χ1v) is 3.33. The molecule has 9 heavy (non-hydrogen) atoms. The average Bonchev–Trinajstić information content (AvgIpc) is 1.87. The summed E-state index contributed by atoms with van der Waals surface area (Å²) in [4.78, 5) is 10.6. The summed E-state index contributed by atoms with van der Waals surface area (Å²) in [5.74, 6) is -0.177. The molecule has 0 rings (SSSR count). The van der Waals surface area contributed by atoms with Crippen molar-refractivity contribution in [2.75, 3.05) is 6.61 Å². The van der Waals surface area contributed by atoms with Crippen LogP contribution in [0.3, 0.4) is 0 Å². The Bertz CT molecular complexity index is 88.9. The maximum Gasteiger partial charge on any atom is 0.164 e. The van der Waals surface area contributed by atoms with Gasteiger partial charge in [0.1, 0.15) is 6.61 Å². The number of hydrogen-bond donors (Lipinski definition) is 0. The normalized spacial score (nSPS) is 13.2. The van der Waals surface area contributed by atoms with Crippen molar-refractivity contribution < 1.29 is 9.90 Å². The fraction of sp³-hybridized carbons (Fsp3) is 0.857. The van der Waals surface area contributed by atoms with Gasteiger partial charge in [-0.25, -0.2) is 5.11 Å². The van der Waals surface area contributed by atoms with Gasteiger partial charge < -0.3 is 0 Å². The molecule has 2 heteroatoms. The first kappa shape index (κ1) is 8.63. The number of Topliss-reactive ketones (excluding diaryl/α,β-unsaturated/α-hetero) is 1. The van der Waals surface area contributed by atoms with Crippen molar-refractivity contribution in [3.8, 4) is 0 Å². The highest BCUT2D eigenvalue weighted by molar-refractivity contribution is 5.81. The van der Waals surface area contributed by atoms with Crippen LogP contribution in [-0.4, -0.2) is 12.4 Å².